The number of carbonyl (C=O) groups excluding carboxylic acids is 1. The minimum absolute atomic E-state index is 0.0935. The van der Waals surface area contributed by atoms with Gasteiger partial charge in [0.05, 0.1) is 11.4 Å². The van der Waals surface area contributed by atoms with E-state index in [4.69, 9.17) is 0 Å². The summed E-state index contributed by atoms with van der Waals surface area (Å²) >= 11 is 0. The number of hydrogen-bond donors (Lipinski definition) is 0. The fraction of sp³-hybridized carbons (Fsp3) is 0.200. The number of aromatic nitrogens is 2. The van der Waals surface area contributed by atoms with E-state index in [1.54, 1.807) is 27.8 Å². The van der Waals surface area contributed by atoms with Crippen molar-refractivity contribution in [3.63, 3.8) is 0 Å². The van der Waals surface area contributed by atoms with Gasteiger partial charge in [0.2, 0.25) is 0 Å². The van der Waals surface area contributed by atoms with Gasteiger partial charge in [0.25, 0.3) is 5.91 Å². The molecular weight excluding hydrogens is 317 g/mol. The van der Waals surface area contributed by atoms with E-state index < -0.39 is 0 Å². The molecule has 0 radical (unpaired) electrons. The Labute approximate surface area is 146 Å². The molecule has 1 amide bonds. The second-order valence-electron chi connectivity index (χ2n) is 5.65. The molecule has 0 aliphatic carbocycles. The first-order chi connectivity index (χ1) is 12.1. The second kappa shape index (κ2) is 7.30. The summed E-state index contributed by atoms with van der Waals surface area (Å²) in [6, 6.07) is 17.5. The first kappa shape index (κ1) is 16.9. The fourth-order valence-electron chi connectivity index (χ4n) is 2.74. The van der Waals surface area contributed by atoms with E-state index in [0.29, 0.717) is 30.2 Å². The molecule has 3 rings (SSSR count). The highest BCUT2D eigenvalue weighted by molar-refractivity contribution is 5.94. The van der Waals surface area contributed by atoms with Gasteiger partial charge in [0.1, 0.15) is 11.5 Å². The molecule has 5 heteroatoms. The third-order valence-electron chi connectivity index (χ3n) is 4.12. The van der Waals surface area contributed by atoms with Crippen LogP contribution < -0.4 is 0 Å². The van der Waals surface area contributed by atoms with Gasteiger partial charge in [0, 0.05) is 18.7 Å². The van der Waals surface area contributed by atoms with Crippen LogP contribution >= 0.6 is 0 Å². The van der Waals surface area contributed by atoms with E-state index in [1.807, 2.05) is 44.2 Å². The summed E-state index contributed by atoms with van der Waals surface area (Å²) in [6.45, 7) is 5.12. The lowest BCUT2D eigenvalue weighted by atomic mass is 10.1. The molecule has 0 spiro atoms. The first-order valence-electron chi connectivity index (χ1n) is 8.34. The van der Waals surface area contributed by atoms with E-state index in [2.05, 4.69) is 5.10 Å². The van der Waals surface area contributed by atoms with Gasteiger partial charge < -0.3 is 4.90 Å². The van der Waals surface area contributed by atoms with Gasteiger partial charge in [-0.15, -0.1) is 0 Å². The molecular formula is C20H20FN3O. The molecule has 0 saturated heterocycles. The maximum atomic E-state index is 13.3. The van der Waals surface area contributed by atoms with Crippen molar-refractivity contribution in [3.8, 4) is 16.9 Å². The molecule has 0 unspecified atom stereocenters. The van der Waals surface area contributed by atoms with Gasteiger partial charge in [-0.2, -0.15) is 5.10 Å². The average molecular weight is 337 g/mol. The maximum absolute atomic E-state index is 13.3. The van der Waals surface area contributed by atoms with Crippen molar-refractivity contribution in [1.29, 1.82) is 0 Å². The molecule has 3 aromatic rings. The molecule has 0 saturated carbocycles. The summed E-state index contributed by atoms with van der Waals surface area (Å²) < 4.78 is 14.8. The number of halogens is 1. The Bertz CT molecular complexity index is 852. The van der Waals surface area contributed by atoms with Crippen LogP contribution in [-0.4, -0.2) is 33.7 Å². The largest absolute Gasteiger partial charge is 0.338 e. The predicted octanol–water partition coefficient (Wildman–Crippen LogP) is 4.16. The Kier molecular flexibility index (Phi) is 4.93. The molecule has 25 heavy (non-hydrogen) atoms. The number of carbonyl (C=O) groups is 1. The van der Waals surface area contributed by atoms with Crippen LogP contribution in [-0.2, 0) is 0 Å². The van der Waals surface area contributed by atoms with E-state index in [0.717, 1.165) is 5.56 Å². The molecule has 0 fully saturated rings. The Morgan fingerprint density at radius 3 is 2.28 bits per heavy atom. The zero-order valence-electron chi connectivity index (χ0n) is 14.3. The van der Waals surface area contributed by atoms with Crippen LogP contribution in [0, 0.1) is 5.82 Å². The van der Waals surface area contributed by atoms with Crippen molar-refractivity contribution < 1.29 is 9.18 Å². The quantitative estimate of drug-likeness (QED) is 0.701. The van der Waals surface area contributed by atoms with Crippen molar-refractivity contribution in [2.75, 3.05) is 13.1 Å². The smallest absolute Gasteiger partial charge is 0.272 e. The average Bonchev–Trinajstić information content (AvgIpc) is 3.09. The van der Waals surface area contributed by atoms with Crippen molar-refractivity contribution >= 4 is 5.91 Å². The first-order valence-corrected chi connectivity index (χ1v) is 8.34. The zero-order valence-corrected chi connectivity index (χ0v) is 14.3. The number of amides is 1. The van der Waals surface area contributed by atoms with Crippen molar-refractivity contribution in [1.82, 2.24) is 14.7 Å². The normalized spacial score (nSPS) is 10.7. The van der Waals surface area contributed by atoms with Crippen LogP contribution in [0.3, 0.4) is 0 Å². The number of benzene rings is 2. The van der Waals surface area contributed by atoms with Crippen molar-refractivity contribution in [2.45, 2.75) is 13.8 Å². The van der Waals surface area contributed by atoms with E-state index in [-0.39, 0.29) is 11.7 Å². The van der Waals surface area contributed by atoms with Crippen LogP contribution in [0.4, 0.5) is 4.39 Å². The van der Waals surface area contributed by atoms with Crippen LogP contribution in [0.2, 0.25) is 0 Å². The molecule has 0 aliphatic rings. The molecule has 2 aromatic carbocycles. The Morgan fingerprint density at radius 2 is 1.68 bits per heavy atom. The fourth-order valence-corrected chi connectivity index (χ4v) is 2.74. The standard InChI is InChI=1S/C20H20FN3O/c1-3-23(4-2)20(25)19-14-18(15-8-6-5-7-9-15)22-24(19)17-12-10-16(21)11-13-17/h5-14H,3-4H2,1-2H3. The van der Waals surface area contributed by atoms with E-state index >= 15 is 0 Å². The highest BCUT2D eigenvalue weighted by Gasteiger charge is 2.21. The Morgan fingerprint density at radius 1 is 1.04 bits per heavy atom. The summed E-state index contributed by atoms with van der Waals surface area (Å²) in [6.07, 6.45) is 0. The monoisotopic (exact) mass is 337 g/mol. The SMILES string of the molecule is CCN(CC)C(=O)c1cc(-c2ccccc2)nn1-c1ccc(F)cc1. The molecule has 1 aromatic heterocycles. The van der Waals surface area contributed by atoms with Crippen LogP contribution in [0.1, 0.15) is 24.3 Å². The Hall–Kier alpha value is -2.95. The molecule has 128 valence electrons. The van der Waals surface area contributed by atoms with Gasteiger partial charge in [0.15, 0.2) is 0 Å². The summed E-state index contributed by atoms with van der Waals surface area (Å²) in [7, 11) is 0. The van der Waals surface area contributed by atoms with Crippen molar-refractivity contribution in [3.05, 3.63) is 72.2 Å². The van der Waals surface area contributed by atoms with Crippen LogP contribution in [0.15, 0.2) is 60.7 Å². The lowest BCUT2D eigenvalue weighted by Gasteiger charge is -2.19. The minimum Gasteiger partial charge on any atom is -0.338 e. The summed E-state index contributed by atoms with van der Waals surface area (Å²) in [5.74, 6) is -0.417. The third-order valence-corrected chi connectivity index (χ3v) is 4.12. The zero-order chi connectivity index (χ0) is 17.8. The topological polar surface area (TPSA) is 38.1 Å². The van der Waals surface area contributed by atoms with Gasteiger partial charge >= 0.3 is 0 Å². The highest BCUT2D eigenvalue weighted by atomic mass is 19.1. The van der Waals surface area contributed by atoms with Gasteiger partial charge in [-0.1, -0.05) is 30.3 Å². The van der Waals surface area contributed by atoms with Crippen LogP contribution in [0.5, 0.6) is 0 Å². The molecule has 0 aliphatic heterocycles. The molecule has 0 atom stereocenters. The number of rotatable bonds is 5. The highest BCUT2D eigenvalue weighted by Crippen LogP contribution is 2.23. The van der Waals surface area contributed by atoms with Gasteiger partial charge in [-0.3, -0.25) is 4.79 Å². The predicted molar refractivity (Wildman–Crippen MR) is 96.2 cm³/mol. The minimum atomic E-state index is -0.323. The van der Waals surface area contributed by atoms with E-state index in [9.17, 15) is 9.18 Å². The van der Waals surface area contributed by atoms with Gasteiger partial charge in [-0.25, -0.2) is 9.07 Å². The van der Waals surface area contributed by atoms with Gasteiger partial charge in [-0.05, 0) is 44.2 Å². The van der Waals surface area contributed by atoms with Crippen molar-refractivity contribution in [2.24, 2.45) is 0 Å². The summed E-state index contributed by atoms with van der Waals surface area (Å²) in [5, 5.41) is 4.60. The Balaban J connectivity index is 2.12. The maximum Gasteiger partial charge on any atom is 0.272 e. The molecule has 0 bridgehead atoms. The third kappa shape index (κ3) is 3.45. The molecule has 0 N–H and O–H groups in total. The summed E-state index contributed by atoms with van der Waals surface area (Å²) in [5.41, 5.74) is 2.76. The lowest BCUT2D eigenvalue weighted by molar-refractivity contribution is 0.0764. The summed E-state index contributed by atoms with van der Waals surface area (Å²) in [4.78, 5) is 14.6. The van der Waals surface area contributed by atoms with E-state index in [1.165, 1.54) is 12.1 Å². The molecule has 1 heterocycles. The number of hydrogen-bond acceptors (Lipinski definition) is 2. The second-order valence-corrected chi connectivity index (χ2v) is 5.65. The van der Waals surface area contributed by atoms with Crippen LogP contribution in [0.25, 0.3) is 16.9 Å². The number of nitrogens with zero attached hydrogens (tertiary/aromatic N) is 3. The lowest BCUT2D eigenvalue weighted by Crippen LogP contribution is -2.32. The molecule has 4 nitrogen and oxygen atoms in total.